The van der Waals surface area contributed by atoms with Crippen LogP contribution in [0.2, 0.25) is 0 Å². The molecule has 1 aromatic rings. The lowest BCUT2D eigenvalue weighted by atomic mass is 9.91. The summed E-state index contributed by atoms with van der Waals surface area (Å²) in [4.78, 5) is 78.1. The zero-order valence-corrected chi connectivity index (χ0v) is 28.6. The van der Waals surface area contributed by atoms with Crippen molar-refractivity contribution in [2.45, 2.75) is 111 Å². The summed E-state index contributed by atoms with van der Waals surface area (Å²) in [7, 11) is 1.47. The molecule has 0 bridgehead atoms. The molecule has 5 N–H and O–H groups in total. The zero-order chi connectivity index (χ0) is 35.0. The van der Waals surface area contributed by atoms with E-state index in [4.69, 9.17) is 15.2 Å². The number of carbonyl (C=O) groups is 6. The molecule has 0 unspecified atom stereocenters. The summed E-state index contributed by atoms with van der Waals surface area (Å²) >= 11 is 0. The van der Waals surface area contributed by atoms with Crippen molar-refractivity contribution in [3.05, 3.63) is 35.9 Å². The average Bonchev–Trinajstić information content (AvgIpc) is 3.02. The predicted octanol–water partition coefficient (Wildman–Crippen LogP) is 2.81. The standard InChI is InChI=1S/C34H54N4O8/c1-9-22(6)29(35)34(44)46-23(7)30(38-31(41)25(15-16-28(40)36-8)18-27(39)21(4)5)32(42)37-26(17-20(2)3)33(43)45-19-24-13-11-10-12-14-24/h10-14,20-23,25-26,29-30H,9,15-19,35H2,1-8H3,(H,36,40)(H,37,42)(H,38,41)/t22-,23+,25+,26-,29-,30-/m0/s1. The fourth-order valence-corrected chi connectivity index (χ4v) is 4.49. The van der Waals surface area contributed by atoms with E-state index in [1.54, 1.807) is 32.9 Å². The van der Waals surface area contributed by atoms with E-state index >= 15 is 0 Å². The summed E-state index contributed by atoms with van der Waals surface area (Å²) in [5.74, 6) is -4.86. The highest BCUT2D eigenvalue weighted by Crippen LogP contribution is 2.18. The topological polar surface area (TPSA) is 183 Å². The first kappa shape index (κ1) is 40.2. The van der Waals surface area contributed by atoms with Gasteiger partial charge in [-0.15, -0.1) is 0 Å². The van der Waals surface area contributed by atoms with Crippen LogP contribution in [0.4, 0.5) is 0 Å². The first-order valence-electron chi connectivity index (χ1n) is 16.1. The fraction of sp³-hybridized carbons (Fsp3) is 0.647. The highest BCUT2D eigenvalue weighted by Gasteiger charge is 2.36. The molecular weight excluding hydrogens is 592 g/mol. The van der Waals surface area contributed by atoms with Gasteiger partial charge in [0.05, 0.1) is 0 Å². The molecule has 1 rings (SSSR count). The summed E-state index contributed by atoms with van der Waals surface area (Å²) in [5, 5.41) is 7.82. The van der Waals surface area contributed by atoms with Gasteiger partial charge in [-0.25, -0.2) is 4.79 Å². The number of ketones is 1. The van der Waals surface area contributed by atoms with Crippen LogP contribution in [0.5, 0.6) is 0 Å². The Bertz CT molecular complexity index is 1160. The second-order valence-corrected chi connectivity index (χ2v) is 12.6. The van der Waals surface area contributed by atoms with Crippen LogP contribution in [-0.2, 0) is 44.8 Å². The molecule has 0 radical (unpaired) electrons. The van der Waals surface area contributed by atoms with Crippen molar-refractivity contribution < 1.29 is 38.2 Å². The van der Waals surface area contributed by atoms with E-state index in [0.717, 1.165) is 5.56 Å². The molecule has 0 aliphatic carbocycles. The first-order chi connectivity index (χ1) is 21.6. The minimum atomic E-state index is -1.45. The number of amides is 3. The van der Waals surface area contributed by atoms with E-state index < -0.39 is 53.9 Å². The van der Waals surface area contributed by atoms with E-state index in [1.165, 1.54) is 14.0 Å². The molecule has 1 aromatic carbocycles. The van der Waals surface area contributed by atoms with Gasteiger partial charge in [-0.2, -0.15) is 0 Å². The lowest BCUT2D eigenvalue weighted by Crippen LogP contribution is -2.58. The molecule has 46 heavy (non-hydrogen) atoms. The monoisotopic (exact) mass is 646 g/mol. The van der Waals surface area contributed by atoms with Crippen LogP contribution < -0.4 is 21.7 Å². The van der Waals surface area contributed by atoms with E-state index in [-0.39, 0.29) is 61.7 Å². The lowest BCUT2D eigenvalue weighted by Gasteiger charge is -2.29. The van der Waals surface area contributed by atoms with Gasteiger partial charge >= 0.3 is 11.9 Å². The number of nitrogens with two attached hydrogens (primary N) is 1. The maximum absolute atomic E-state index is 13.8. The predicted molar refractivity (Wildman–Crippen MR) is 174 cm³/mol. The molecule has 258 valence electrons. The normalized spacial score (nSPS) is 15.1. The zero-order valence-electron chi connectivity index (χ0n) is 28.6. The van der Waals surface area contributed by atoms with Crippen molar-refractivity contribution in [3.8, 4) is 0 Å². The van der Waals surface area contributed by atoms with Crippen LogP contribution in [0.25, 0.3) is 0 Å². The van der Waals surface area contributed by atoms with Crippen LogP contribution in [0.15, 0.2) is 30.3 Å². The van der Waals surface area contributed by atoms with Crippen molar-refractivity contribution in [1.82, 2.24) is 16.0 Å². The third-order valence-corrected chi connectivity index (χ3v) is 7.87. The smallest absolute Gasteiger partial charge is 0.328 e. The maximum Gasteiger partial charge on any atom is 0.328 e. The highest BCUT2D eigenvalue weighted by molar-refractivity contribution is 5.94. The second-order valence-electron chi connectivity index (χ2n) is 12.6. The summed E-state index contributed by atoms with van der Waals surface area (Å²) in [6, 6.07) is 5.61. The third kappa shape index (κ3) is 14.1. The second kappa shape index (κ2) is 20.3. The van der Waals surface area contributed by atoms with Crippen LogP contribution in [-0.4, -0.2) is 66.7 Å². The SMILES string of the molecule is CC[C@H](C)[C@H](N)C(=O)O[C@H](C)[C@H](NC(=O)[C@H](CCC(=O)NC)CC(=O)C(C)C)C(=O)N[C@@H](CC(C)C)C(=O)OCc1ccccc1. The average molecular weight is 647 g/mol. The Morgan fingerprint density at radius 1 is 0.870 bits per heavy atom. The number of carbonyl (C=O) groups excluding carboxylic acids is 6. The van der Waals surface area contributed by atoms with Crippen LogP contribution in [0, 0.1) is 23.7 Å². The molecule has 0 heterocycles. The van der Waals surface area contributed by atoms with Gasteiger partial charge in [-0.3, -0.25) is 24.0 Å². The molecule has 6 atom stereocenters. The largest absolute Gasteiger partial charge is 0.459 e. The molecule has 0 aromatic heterocycles. The van der Waals surface area contributed by atoms with E-state index in [1.807, 2.05) is 39.0 Å². The molecule has 0 aliphatic heterocycles. The van der Waals surface area contributed by atoms with Gasteiger partial charge < -0.3 is 31.2 Å². The van der Waals surface area contributed by atoms with Gasteiger partial charge in [-0.1, -0.05) is 78.3 Å². The summed E-state index contributed by atoms with van der Waals surface area (Å²) < 4.78 is 11.1. The molecule has 12 nitrogen and oxygen atoms in total. The van der Waals surface area contributed by atoms with Crippen molar-refractivity contribution in [3.63, 3.8) is 0 Å². The third-order valence-electron chi connectivity index (χ3n) is 7.87. The number of nitrogens with one attached hydrogen (secondary N) is 3. The Kier molecular flexibility index (Phi) is 17.8. The molecular formula is C34H54N4O8. The van der Waals surface area contributed by atoms with E-state index in [2.05, 4.69) is 16.0 Å². The molecule has 0 aliphatic rings. The number of Topliss-reactive ketones (excluding diaryl/α,β-unsaturated/α-hetero) is 1. The van der Waals surface area contributed by atoms with Crippen LogP contribution in [0.3, 0.4) is 0 Å². The van der Waals surface area contributed by atoms with Crippen molar-refractivity contribution in [1.29, 1.82) is 0 Å². The Hall–Kier alpha value is -3.80. The molecule has 12 heteroatoms. The molecule has 0 spiro atoms. The van der Waals surface area contributed by atoms with Gasteiger partial charge in [0.1, 0.15) is 36.6 Å². The van der Waals surface area contributed by atoms with Crippen LogP contribution in [0.1, 0.15) is 86.1 Å². The van der Waals surface area contributed by atoms with E-state index in [9.17, 15) is 28.8 Å². The Morgan fingerprint density at radius 2 is 1.50 bits per heavy atom. The van der Waals surface area contributed by atoms with Gasteiger partial charge in [0.15, 0.2) is 0 Å². The Labute approximate surface area is 273 Å². The number of ether oxygens (including phenoxy) is 2. The highest BCUT2D eigenvalue weighted by atomic mass is 16.5. The van der Waals surface area contributed by atoms with Crippen molar-refractivity contribution >= 4 is 35.4 Å². The summed E-state index contributed by atoms with van der Waals surface area (Å²) in [6.45, 7) is 12.3. The number of hydrogen-bond acceptors (Lipinski definition) is 9. The summed E-state index contributed by atoms with van der Waals surface area (Å²) in [5.41, 5.74) is 6.84. The molecule has 0 fully saturated rings. The molecule has 0 saturated heterocycles. The van der Waals surface area contributed by atoms with Gasteiger partial charge in [0.25, 0.3) is 0 Å². The quantitative estimate of drug-likeness (QED) is 0.155. The number of benzene rings is 1. The van der Waals surface area contributed by atoms with Gasteiger partial charge in [0, 0.05) is 31.7 Å². The minimum absolute atomic E-state index is 0.00270. The van der Waals surface area contributed by atoms with Crippen molar-refractivity contribution in [2.75, 3.05) is 7.05 Å². The lowest BCUT2D eigenvalue weighted by molar-refractivity contribution is -0.156. The first-order valence-corrected chi connectivity index (χ1v) is 16.1. The van der Waals surface area contributed by atoms with E-state index in [0.29, 0.717) is 6.42 Å². The Morgan fingerprint density at radius 3 is 2.04 bits per heavy atom. The molecule has 0 saturated carbocycles. The van der Waals surface area contributed by atoms with Gasteiger partial charge in [0.2, 0.25) is 17.7 Å². The van der Waals surface area contributed by atoms with Gasteiger partial charge in [-0.05, 0) is 37.2 Å². The Balaban J connectivity index is 3.32. The number of esters is 2. The minimum Gasteiger partial charge on any atom is -0.459 e. The number of rotatable bonds is 20. The summed E-state index contributed by atoms with van der Waals surface area (Å²) in [6.07, 6.45) is -0.465. The van der Waals surface area contributed by atoms with Crippen LogP contribution >= 0.6 is 0 Å². The fourth-order valence-electron chi connectivity index (χ4n) is 4.49. The maximum atomic E-state index is 13.8. The number of hydrogen-bond donors (Lipinski definition) is 4. The van der Waals surface area contributed by atoms with Crippen molar-refractivity contribution in [2.24, 2.45) is 29.4 Å². The molecule has 3 amide bonds.